The Morgan fingerprint density at radius 1 is 0.810 bits per heavy atom. The topological polar surface area (TPSA) is 21.7 Å². The van der Waals surface area contributed by atoms with Crippen molar-refractivity contribution < 1.29 is 9.49 Å². The predicted octanol–water partition coefficient (Wildman–Crippen LogP) is 3.14. The Labute approximate surface area is 126 Å². The fraction of sp³-hybridized carbons (Fsp3) is 0.294. The second kappa shape index (κ2) is 7.30. The molecule has 1 heterocycles. The lowest BCUT2D eigenvalue weighted by Gasteiger charge is -2.25. The number of nitrogens with zero attached hydrogens (tertiary/aromatic N) is 1. The molecule has 0 aromatic heterocycles. The molecule has 0 aliphatic carbocycles. The highest BCUT2D eigenvalue weighted by Crippen LogP contribution is 2.19. The van der Waals surface area contributed by atoms with Crippen LogP contribution in [0.15, 0.2) is 54.6 Å². The van der Waals surface area contributed by atoms with Crippen molar-refractivity contribution >= 4 is 12.9 Å². The van der Waals surface area contributed by atoms with Crippen LogP contribution in [0.4, 0.5) is 0 Å². The van der Waals surface area contributed by atoms with E-state index in [4.69, 9.17) is 9.49 Å². The number of benzene rings is 2. The molecular formula is C17H19BNO2. The third-order valence-electron chi connectivity index (χ3n) is 3.49. The zero-order valence-electron chi connectivity index (χ0n) is 12.1. The SMILES string of the molecule is [B](ON1CCCCC1)c1cccc(Oc2ccccc2)c1. The van der Waals surface area contributed by atoms with E-state index in [1.807, 2.05) is 59.7 Å². The van der Waals surface area contributed by atoms with Crippen LogP contribution in [0.5, 0.6) is 11.5 Å². The minimum atomic E-state index is 0.817. The summed E-state index contributed by atoms with van der Waals surface area (Å²) in [5.41, 5.74) is 1.01. The van der Waals surface area contributed by atoms with E-state index in [1.54, 1.807) is 7.48 Å². The highest BCUT2D eigenvalue weighted by Gasteiger charge is 2.11. The summed E-state index contributed by atoms with van der Waals surface area (Å²) in [6.45, 7) is 2.02. The van der Waals surface area contributed by atoms with Crippen LogP contribution in [0.25, 0.3) is 0 Å². The third kappa shape index (κ3) is 4.35. The molecule has 0 amide bonds. The zero-order chi connectivity index (χ0) is 14.3. The predicted molar refractivity (Wildman–Crippen MR) is 84.9 cm³/mol. The molecule has 107 valence electrons. The maximum absolute atomic E-state index is 5.82. The standard InChI is InChI=1S/C17H19BNO2/c1-3-9-16(10-4-1)20-17-11-7-8-15(14-17)18-21-19-12-5-2-6-13-19/h1,3-4,7-11,14H,2,5-6,12-13H2. The molecule has 0 saturated carbocycles. The summed E-state index contributed by atoms with van der Waals surface area (Å²) in [6, 6.07) is 17.7. The van der Waals surface area contributed by atoms with Crippen LogP contribution in [-0.2, 0) is 4.76 Å². The summed E-state index contributed by atoms with van der Waals surface area (Å²) < 4.78 is 11.5. The van der Waals surface area contributed by atoms with Gasteiger partial charge in [-0.3, -0.25) is 0 Å². The molecular weight excluding hydrogens is 261 g/mol. The van der Waals surface area contributed by atoms with Gasteiger partial charge in [0.15, 0.2) is 0 Å². The first-order valence-corrected chi connectivity index (χ1v) is 7.48. The monoisotopic (exact) mass is 280 g/mol. The van der Waals surface area contributed by atoms with Gasteiger partial charge >= 0.3 is 7.48 Å². The third-order valence-corrected chi connectivity index (χ3v) is 3.49. The van der Waals surface area contributed by atoms with E-state index in [0.717, 1.165) is 30.1 Å². The molecule has 3 rings (SSSR count). The lowest BCUT2D eigenvalue weighted by molar-refractivity contribution is -0.0688. The summed E-state index contributed by atoms with van der Waals surface area (Å²) in [4.78, 5) is 0. The first-order chi connectivity index (χ1) is 10.4. The first-order valence-electron chi connectivity index (χ1n) is 7.48. The Morgan fingerprint density at radius 3 is 2.38 bits per heavy atom. The molecule has 1 saturated heterocycles. The van der Waals surface area contributed by atoms with Crippen LogP contribution in [0.3, 0.4) is 0 Å². The quantitative estimate of drug-likeness (QED) is 0.785. The van der Waals surface area contributed by atoms with Crippen molar-refractivity contribution in [3.05, 3.63) is 54.6 Å². The van der Waals surface area contributed by atoms with Crippen molar-refractivity contribution in [2.24, 2.45) is 0 Å². The molecule has 2 aromatic carbocycles. The van der Waals surface area contributed by atoms with Gasteiger partial charge in [0, 0.05) is 13.1 Å². The van der Waals surface area contributed by atoms with E-state index < -0.39 is 0 Å². The number of hydrogen-bond donors (Lipinski definition) is 0. The molecule has 0 bridgehead atoms. The van der Waals surface area contributed by atoms with Gasteiger partial charge in [0.05, 0.1) is 0 Å². The summed E-state index contributed by atoms with van der Waals surface area (Å²) in [6.07, 6.45) is 3.73. The molecule has 1 aliphatic heterocycles. The number of hydroxylamine groups is 2. The van der Waals surface area contributed by atoms with Crippen LogP contribution in [0.1, 0.15) is 19.3 Å². The number of hydrogen-bond acceptors (Lipinski definition) is 3. The van der Waals surface area contributed by atoms with Gasteiger partial charge < -0.3 is 9.49 Å². The second-order valence-corrected chi connectivity index (χ2v) is 5.20. The molecule has 0 spiro atoms. The maximum atomic E-state index is 5.82. The number of piperidine rings is 1. The number of ether oxygens (including phenoxy) is 1. The molecule has 0 N–H and O–H groups in total. The smallest absolute Gasteiger partial charge is 0.362 e. The van der Waals surface area contributed by atoms with E-state index in [9.17, 15) is 0 Å². The molecule has 2 aromatic rings. The Morgan fingerprint density at radius 2 is 1.57 bits per heavy atom. The largest absolute Gasteiger partial charge is 0.457 e. The van der Waals surface area contributed by atoms with E-state index >= 15 is 0 Å². The summed E-state index contributed by atoms with van der Waals surface area (Å²) in [5.74, 6) is 1.66. The normalized spacial score (nSPS) is 15.6. The van der Waals surface area contributed by atoms with Gasteiger partial charge in [0.1, 0.15) is 11.5 Å². The molecule has 1 fully saturated rings. The van der Waals surface area contributed by atoms with Crippen molar-refractivity contribution in [2.75, 3.05) is 13.1 Å². The lowest BCUT2D eigenvalue weighted by Crippen LogP contribution is -2.34. The highest BCUT2D eigenvalue weighted by atomic mass is 16.6. The fourth-order valence-corrected chi connectivity index (χ4v) is 2.38. The van der Waals surface area contributed by atoms with Crippen LogP contribution in [0, 0.1) is 0 Å². The molecule has 3 nitrogen and oxygen atoms in total. The fourth-order valence-electron chi connectivity index (χ4n) is 2.38. The summed E-state index contributed by atoms with van der Waals surface area (Å²) in [5, 5.41) is 2.02. The highest BCUT2D eigenvalue weighted by molar-refractivity contribution is 6.46. The van der Waals surface area contributed by atoms with Gasteiger partial charge in [0.25, 0.3) is 0 Å². The molecule has 21 heavy (non-hydrogen) atoms. The minimum Gasteiger partial charge on any atom is -0.457 e. The lowest BCUT2D eigenvalue weighted by atomic mass is 9.88. The van der Waals surface area contributed by atoms with Gasteiger partial charge in [-0.2, -0.15) is 0 Å². The van der Waals surface area contributed by atoms with Crippen molar-refractivity contribution in [1.82, 2.24) is 5.06 Å². The molecule has 0 atom stereocenters. The van der Waals surface area contributed by atoms with Crippen LogP contribution in [0.2, 0.25) is 0 Å². The molecule has 0 unspecified atom stereocenters. The van der Waals surface area contributed by atoms with Gasteiger partial charge in [-0.15, -0.1) is 0 Å². The second-order valence-electron chi connectivity index (χ2n) is 5.20. The van der Waals surface area contributed by atoms with Gasteiger partial charge in [-0.25, -0.2) is 5.06 Å². The number of para-hydroxylation sites is 1. The average molecular weight is 280 g/mol. The van der Waals surface area contributed by atoms with Crippen molar-refractivity contribution in [3.8, 4) is 11.5 Å². The first kappa shape index (κ1) is 14.2. The Hall–Kier alpha value is -1.78. The van der Waals surface area contributed by atoms with Crippen molar-refractivity contribution in [2.45, 2.75) is 19.3 Å². The summed E-state index contributed by atoms with van der Waals surface area (Å²) in [7, 11) is 1.79. The molecule has 4 heteroatoms. The Kier molecular flexibility index (Phi) is 4.92. The molecule has 1 aliphatic rings. The zero-order valence-corrected chi connectivity index (χ0v) is 12.1. The molecule has 1 radical (unpaired) electrons. The van der Waals surface area contributed by atoms with Crippen LogP contribution in [-0.4, -0.2) is 25.6 Å². The van der Waals surface area contributed by atoms with Crippen molar-refractivity contribution in [1.29, 1.82) is 0 Å². The minimum absolute atomic E-state index is 0.817. The van der Waals surface area contributed by atoms with E-state index in [0.29, 0.717) is 0 Å². The Balaban J connectivity index is 1.57. The van der Waals surface area contributed by atoms with E-state index in [2.05, 4.69) is 0 Å². The summed E-state index contributed by atoms with van der Waals surface area (Å²) >= 11 is 0. The van der Waals surface area contributed by atoms with Crippen molar-refractivity contribution in [3.63, 3.8) is 0 Å². The van der Waals surface area contributed by atoms with E-state index in [-0.39, 0.29) is 0 Å². The van der Waals surface area contributed by atoms with Gasteiger partial charge in [-0.05, 0) is 42.6 Å². The van der Waals surface area contributed by atoms with Crippen LogP contribution < -0.4 is 10.2 Å². The van der Waals surface area contributed by atoms with Gasteiger partial charge in [0.2, 0.25) is 0 Å². The van der Waals surface area contributed by atoms with Crippen LogP contribution >= 0.6 is 0 Å². The van der Waals surface area contributed by atoms with E-state index in [1.165, 1.54) is 19.3 Å². The van der Waals surface area contributed by atoms with Gasteiger partial charge in [-0.1, -0.05) is 36.8 Å². The Bertz CT molecular complexity index is 556. The maximum Gasteiger partial charge on any atom is 0.362 e. The average Bonchev–Trinajstić information content (AvgIpc) is 2.55. The number of rotatable bonds is 5.